The van der Waals surface area contributed by atoms with Gasteiger partial charge in [-0.05, 0) is 30.7 Å². The first-order valence-electron chi connectivity index (χ1n) is 11.4. The molecule has 3 aromatic rings. The number of rotatable bonds is 7. The Balaban J connectivity index is 1.66. The van der Waals surface area contributed by atoms with E-state index in [4.69, 9.17) is 13.9 Å². The van der Waals surface area contributed by atoms with Gasteiger partial charge in [0.1, 0.15) is 11.3 Å². The lowest BCUT2D eigenvalue weighted by atomic mass is 10.00. The van der Waals surface area contributed by atoms with Crippen LogP contribution in [0.5, 0.6) is 0 Å². The minimum atomic E-state index is -0.433. The molecule has 0 spiro atoms. The van der Waals surface area contributed by atoms with Gasteiger partial charge in [-0.1, -0.05) is 25.5 Å². The maximum atomic E-state index is 13.3. The Morgan fingerprint density at radius 3 is 2.50 bits per heavy atom. The Bertz CT molecular complexity index is 1240. The number of ether oxygens (including phenoxy) is 2. The predicted molar refractivity (Wildman–Crippen MR) is 129 cm³/mol. The fourth-order valence-electron chi connectivity index (χ4n) is 4.06. The lowest BCUT2D eigenvalue weighted by molar-refractivity contribution is -0.118. The molecule has 1 saturated heterocycles. The van der Waals surface area contributed by atoms with Gasteiger partial charge < -0.3 is 19.2 Å². The van der Waals surface area contributed by atoms with E-state index in [1.807, 2.05) is 11.8 Å². The molecule has 2 aromatic carbocycles. The van der Waals surface area contributed by atoms with Crippen molar-refractivity contribution in [3.8, 4) is 11.3 Å². The highest BCUT2D eigenvalue weighted by molar-refractivity contribution is 5.95. The first-order valence-corrected chi connectivity index (χ1v) is 11.4. The molecule has 178 valence electrons. The van der Waals surface area contributed by atoms with Crippen molar-refractivity contribution < 1.29 is 23.5 Å². The molecule has 34 heavy (non-hydrogen) atoms. The van der Waals surface area contributed by atoms with Crippen LogP contribution in [-0.2, 0) is 20.7 Å². The molecule has 0 bridgehead atoms. The minimum Gasteiger partial charge on any atom is -0.465 e. The molecule has 4 rings (SSSR count). The van der Waals surface area contributed by atoms with Gasteiger partial charge in [-0.25, -0.2) is 4.79 Å². The quantitative estimate of drug-likeness (QED) is 0.535. The van der Waals surface area contributed by atoms with Gasteiger partial charge in [-0.15, -0.1) is 0 Å². The number of amides is 1. The van der Waals surface area contributed by atoms with Crippen LogP contribution in [0, 0.1) is 0 Å². The summed E-state index contributed by atoms with van der Waals surface area (Å²) in [7, 11) is 1.33. The number of fused-ring (bicyclic) bond motifs is 1. The monoisotopic (exact) mass is 464 g/mol. The first-order chi connectivity index (χ1) is 16.5. The van der Waals surface area contributed by atoms with Crippen LogP contribution in [0.2, 0.25) is 0 Å². The summed E-state index contributed by atoms with van der Waals surface area (Å²) < 4.78 is 16.3. The number of anilines is 1. The van der Waals surface area contributed by atoms with Crippen LogP contribution in [0.25, 0.3) is 22.3 Å². The van der Waals surface area contributed by atoms with Crippen LogP contribution < -0.4 is 10.7 Å². The lowest BCUT2D eigenvalue weighted by Crippen LogP contribution is -2.41. The van der Waals surface area contributed by atoms with Gasteiger partial charge in [-0.3, -0.25) is 14.5 Å². The Hall–Kier alpha value is -3.49. The maximum absolute atomic E-state index is 13.3. The molecule has 1 N–H and O–H groups in total. The smallest absolute Gasteiger partial charge is 0.337 e. The number of methoxy groups -OCH3 is 1. The molecule has 1 fully saturated rings. The van der Waals surface area contributed by atoms with Crippen molar-refractivity contribution in [2.75, 3.05) is 45.3 Å². The molecular weight excluding hydrogens is 436 g/mol. The molecule has 1 aliphatic heterocycles. The third-order valence-corrected chi connectivity index (χ3v) is 5.81. The molecule has 0 unspecified atom stereocenters. The highest BCUT2D eigenvalue weighted by atomic mass is 16.5. The highest BCUT2D eigenvalue weighted by Crippen LogP contribution is 2.28. The number of carbonyl (C=O) groups is 2. The number of benzene rings is 2. The summed E-state index contributed by atoms with van der Waals surface area (Å²) in [5.41, 5.74) is 2.55. The normalized spacial score (nSPS) is 14.2. The molecule has 1 aromatic heterocycles. The molecule has 8 heteroatoms. The molecule has 0 saturated carbocycles. The van der Waals surface area contributed by atoms with Crippen LogP contribution in [0.4, 0.5) is 5.69 Å². The molecule has 1 aliphatic rings. The van der Waals surface area contributed by atoms with Gasteiger partial charge in [0.05, 0.1) is 37.8 Å². The Kier molecular flexibility index (Phi) is 7.40. The van der Waals surface area contributed by atoms with Crippen molar-refractivity contribution >= 4 is 28.5 Å². The zero-order valence-electron chi connectivity index (χ0n) is 19.4. The Labute approximate surface area is 197 Å². The zero-order chi connectivity index (χ0) is 24.1. The van der Waals surface area contributed by atoms with Gasteiger partial charge >= 0.3 is 5.97 Å². The van der Waals surface area contributed by atoms with Crippen molar-refractivity contribution in [3.63, 3.8) is 0 Å². The third-order valence-electron chi connectivity index (χ3n) is 5.81. The second kappa shape index (κ2) is 10.6. The van der Waals surface area contributed by atoms with Crippen LogP contribution in [0.1, 0.15) is 29.3 Å². The average Bonchev–Trinajstić information content (AvgIpc) is 2.85. The summed E-state index contributed by atoms with van der Waals surface area (Å²) in [6.07, 6.45) is 1.34. The number of esters is 1. The van der Waals surface area contributed by atoms with E-state index >= 15 is 0 Å². The highest BCUT2D eigenvalue weighted by Gasteiger charge is 2.18. The number of carbonyl (C=O) groups excluding carboxylic acids is 2. The van der Waals surface area contributed by atoms with Crippen LogP contribution >= 0.6 is 0 Å². The predicted octanol–water partition coefficient (Wildman–Crippen LogP) is 3.47. The van der Waals surface area contributed by atoms with E-state index in [1.165, 1.54) is 7.11 Å². The van der Waals surface area contributed by atoms with E-state index in [-0.39, 0.29) is 17.9 Å². The molecule has 0 atom stereocenters. The van der Waals surface area contributed by atoms with Crippen molar-refractivity contribution in [1.82, 2.24) is 4.90 Å². The van der Waals surface area contributed by atoms with Gasteiger partial charge in [0, 0.05) is 36.0 Å². The van der Waals surface area contributed by atoms with E-state index in [9.17, 15) is 14.4 Å². The SMILES string of the molecule is CCCc1c(-c2ccc(C(=O)OC)cc2)oc2cc(NC(=O)CN3CCOCC3)ccc2c1=O. The summed E-state index contributed by atoms with van der Waals surface area (Å²) in [5, 5.41) is 3.35. The zero-order valence-corrected chi connectivity index (χ0v) is 19.4. The van der Waals surface area contributed by atoms with Crippen molar-refractivity contribution in [1.29, 1.82) is 0 Å². The standard InChI is InChI=1S/C26H28N2O6/c1-3-4-21-24(30)20-10-9-19(27-23(29)16-28-11-13-33-14-12-28)15-22(20)34-25(21)17-5-7-18(8-6-17)26(31)32-2/h5-10,15H,3-4,11-14,16H2,1-2H3,(H,27,29). The summed E-state index contributed by atoms with van der Waals surface area (Å²) >= 11 is 0. The second-order valence-corrected chi connectivity index (χ2v) is 8.21. The van der Waals surface area contributed by atoms with E-state index in [1.54, 1.807) is 42.5 Å². The van der Waals surface area contributed by atoms with Crippen LogP contribution in [0.15, 0.2) is 51.7 Å². The maximum Gasteiger partial charge on any atom is 0.337 e. The Morgan fingerprint density at radius 2 is 1.82 bits per heavy atom. The summed E-state index contributed by atoms with van der Waals surface area (Å²) in [4.78, 5) is 39.6. The number of nitrogens with zero attached hydrogens (tertiary/aromatic N) is 1. The summed E-state index contributed by atoms with van der Waals surface area (Å²) in [6, 6.07) is 11.8. The van der Waals surface area contributed by atoms with Gasteiger partial charge in [0.15, 0.2) is 5.43 Å². The fraction of sp³-hybridized carbons (Fsp3) is 0.346. The second-order valence-electron chi connectivity index (χ2n) is 8.21. The molecule has 0 aliphatic carbocycles. The van der Waals surface area contributed by atoms with Gasteiger partial charge in [0.25, 0.3) is 0 Å². The van der Waals surface area contributed by atoms with E-state index in [2.05, 4.69) is 5.32 Å². The lowest BCUT2D eigenvalue weighted by Gasteiger charge is -2.25. The topological polar surface area (TPSA) is 98.1 Å². The van der Waals surface area contributed by atoms with Crippen molar-refractivity contribution in [2.45, 2.75) is 19.8 Å². The first kappa shape index (κ1) is 23.7. The number of nitrogens with one attached hydrogen (secondary N) is 1. The molecule has 2 heterocycles. The summed E-state index contributed by atoms with van der Waals surface area (Å²) in [6.45, 7) is 4.96. The van der Waals surface area contributed by atoms with Crippen LogP contribution in [-0.4, -0.2) is 56.7 Å². The van der Waals surface area contributed by atoms with Crippen molar-refractivity contribution in [2.24, 2.45) is 0 Å². The van der Waals surface area contributed by atoms with E-state index < -0.39 is 5.97 Å². The third kappa shape index (κ3) is 5.18. The van der Waals surface area contributed by atoms with E-state index in [0.717, 1.165) is 19.5 Å². The van der Waals surface area contributed by atoms with Gasteiger partial charge in [-0.2, -0.15) is 0 Å². The van der Waals surface area contributed by atoms with Crippen molar-refractivity contribution in [3.05, 3.63) is 63.8 Å². The number of hydrogen-bond donors (Lipinski definition) is 1. The molecular formula is C26H28N2O6. The summed E-state index contributed by atoms with van der Waals surface area (Å²) in [5.74, 6) is -0.102. The minimum absolute atomic E-state index is 0.0960. The Morgan fingerprint density at radius 1 is 1.09 bits per heavy atom. The number of morpholine rings is 1. The largest absolute Gasteiger partial charge is 0.465 e. The molecule has 1 amide bonds. The van der Waals surface area contributed by atoms with Gasteiger partial charge in [0.2, 0.25) is 5.91 Å². The van der Waals surface area contributed by atoms with Crippen LogP contribution in [0.3, 0.4) is 0 Å². The molecule has 0 radical (unpaired) electrons. The number of hydrogen-bond acceptors (Lipinski definition) is 7. The molecule has 8 nitrogen and oxygen atoms in total. The fourth-order valence-corrected chi connectivity index (χ4v) is 4.06. The van der Waals surface area contributed by atoms with E-state index in [0.29, 0.717) is 58.7 Å². The average molecular weight is 465 g/mol.